The fourth-order valence-electron chi connectivity index (χ4n) is 1.19. The van der Waals surface area contributed by atoms with Gasteiger partial charge in [0.25, 0.3) is 0 Å². The van der Waals surface area contributed by atoms with Gasteiger partial charge in [0.15, 0.2) is 5.78 Å². The molecule has 0 amide bonds. The Bertz CT molecular complexity index is 423. The van der Waals surface area contributed by atoms with Crippen LogP contribution in [0.3, 0.4) is 0 Å². The first-order chi connectivity index (χ1) is 7.70. The number of rotatable bonds is 3. The summed E-state index contributed by atoms with van der Waals surface area (Å²) >= 11 is 3.12. The number of carbonyl (C=O) groups excluding carboxylic acids is 1. The SMILES string of the molecule is CC(C)(C)NCC(=O)c1cc(F)c(N)c(Br)c1.Cl. The van der Waals surface area contributed by atoms with Gasteiger partial charge in [-0.1, -0.05) is 0 Å². The Hall–Kier alpha value is -0.650. The van der Waals surface area contributed by atoms with Crippen LogP contribution < -0.4 is 11.1 Å². The van der Waals surface area contributed by atoms with Crippen molar-refractivity contribution in [2.75, 3.05) is 12.3 Å². The number of ketones is 1. The van der Waals surface area contributed by atoms with E-state index < -0.39 is 5.82 Å². The minimum atomic E-state index is -0.585. The van der Waals surface area contributed by atoms with E-state index in [0.717, 1.165) is 6.07 Å². The molecule has 0 aromatic heterocycles. The predicted octanol–water partition coefficient (Wildman–Crippen LogP) is 3.16. The Labute approximate surface area is 121 Å². The summed E-state index contributed by atoms with van der Waals surface area (Å²) in [5.41, 5.74) is 5.62. The van der Waals surface area contributed by atoms with Crippen LogP contribution >= 0.6 is 28.3 Å². The fraction of sp³-hybridized carbons (Fsp3) is 0.417. The molecule has 1 aromatic carbocycles. The van der Waals surface area contributed by atoms with Gasteiger partial charge in [0, 0.05) is 15.6 Å². The highest BCUT2D eigenvalue weighted by Gasteiger charge is 2.15. The highest BCUT2D eigenvalue weighted by atomic mass is 79.9. The van der Waals surface area contributed by atoms with E-state index in [4.69, 9.17) is 5.73 Å². The van der Waals surface area contributed by atoms with Gasteiger partial charge >= 0.3 is 0 Å². The van der Waals surface area contributed by atoms with Crippen molar-refractivity contribution in [2.45, 2.75) is 26.3 Å². The topological polar surface area (TPSA) is 55.1 Å². The first kappa shape index (κ1) is 17.4. The molecule has 18 heavy (non-hydrogen) atoms. The van der Waals surface area contributed by atoms with Crippen LogP contribution in [0, 0.1) is 5.82 Å². The molecule has 0 atom stereocenters. The molecule has 102 valence electrons. The van der Waals surface area contributed by atoms with Crippen molar-refractivity contribution in [3.05, 3.63) is 28.0 Å². The summed E-state index contributed by atoms with van der Waals surface area (Å²) in [5, 5.41) is 3.06. The molecule has 0 radical (unpaired) electrons. The van der Waals surface area contributed by atoms with E-state index in [0.29, 0.717) is 10.0 Å². The molecule has 6 heteroatoms. The van der Waals surface area contributed by atoms with Gasteiger partial charge in [-0.25, -0.2) is 4.39 Å². The third kappa shape index (κ3) is 4.92. The van der Waals surface area contributed by atoms with E-state index in [1.165, 1.54) is 6.07 Å². The molecule has 1 rings (SSSR count). The van der Waals surface area contributed by atoms with Crippen LogP contribution in [-0.4, -0.2) is 17.9 Å². The lowest BCUT2D eigenvalue weighted by molar-refractivity contribution is 0.0981. The molecule has 0 unspecified atom stereocenters. The zero-order valence-corrected chi connectivity index (χ0v) is 12.9. The molecule has 0 heterocycles. The molecule has 3 N–H and O–H groups in total. The van der Waals surface area contributed by atoms with Crippen molar-refractivity contribution in [2.24, 2.45) is 0 Å². The van der Waals surface area contributed by atoms with Crippen LogP contribution in [-0.2, 0) is 0 Å². The van der Waals surface area contributed by atoms with Crippen LogP contribution in [0.4, 0.5) is 10.1 Å². The van der Waals surface area contributed by atoms with Gasteiger partial charge in [0.05, 0.1) is 12.2 Å². The molecular weight excluding hydrogens is 322 g/mol. The Morgan fingerprint density at radius 2 is 2.00 bits per heavy atom. The Morgan fingerprint density at radius 1 is 1.44 bits per heavy atom. The summed E-state index contributed by atoms with van der Waals surface area (Å²) < 4.78 is 13.7. The number of anilines is 1. The quantitative estimate of drug-likeness (QED) is 0.657. The summed E-state index contributed by atoms with van der Waals surface area (Å²) in [7, 11) is 0. The number of hydrogen-bond donors (Lipinski definition) is 2. The monoisotopic (exact) mass is 338 g/mol. The van der Waals surface area contributed by atoms with Gasteiger partial charge in [-0.15, -0.1) is 12.4 Å². The van der Waals surface area contributed by atoms with Crippen molar-refractivity contribution in [3.8, 4) is 0 Å². The molecule has 0 aliphatic heterocycles. The van der Waals surface area contributed by atoms with Crippen LogP contribution in [0.15, 0.2) is 16.6 Å². The first-order valence-corrected chi connectivity index (χ1v) is 6.03. The van der Waals surface area contributed by atoms with Crippen LogP contribution in [0.5, 0.6) is 0 Å². The zero-order chi connectivity index (χ0) is 13.2. The lowest BCUT2D eigenvalue weighted by Gasteiger charge is -2.19. The Kier molecular flexibility index (Phi) is 6.26. The number of carbonyl (C=O) groups is 1. The minimum absolute atomic E-state index is 0. The Balaban J connectivity index is 0.00000289. The van der Waals surface area contributed by atoms with E-state index >= 15 is 0 Å². The van der Waals surface area contributed by atoms with Crippen molar-refractivity contribution < 1.29 is 9.18 Å². The van der Waals surface area contributed by atoms with Crippen LogP contribution in [0.1, 0.15) is 31.1 Å². The van der Waals surface area contributed by atoms with Gasteiger partial charge in [-0.05, 0) is 48.8 Å². The number of nitrogen functional groups attached to an aromatic ring is 1. The number of benzene rings is 1. The molecule has 0 aliphatic rings. The van der Waals surface area contributed by atoms with Crippen LogP contribution in [0.2, 0.25) is 0 Å². The van der Waals surface area contributed by atoms with Gasteiger partial charge in [0.2, 0.25) is 0 Å². The third-order valence-corrected chi connectivity index (χ3v) is 2.84. The Morgan fingerprint density at radius 3 is 2.44 bits per heavy atom. The number of halogens is 3. The highest BCUT2D eigenvalue weighted by Crippen LogP contribution is 2.24. The summed E-state index contributed by atoms with van der Waals surface area (Å²) in [6.45, 7) is 6.04. The molecule has 3 nitrogen and oxygen atoms in total. The van der Waals surface area contributed by atoms with Crippen molar-refractivity contribution >= 4 is 39.8 Å². The standard InChI is InChI=1S/C12H16BrFN2O.ClH/c1-12(2,3)16-6-10(17)7-4-8(13)11(15)9(14)5-7;/h4-5,16H,6,15H2,1-3H3;1H. The predicted molar refractivity (Wildman–Crippen MR) is 77.8 cm³/mol. The van der Waals surface area contributed by atoms with Gasteiger partial charge in [-0.2, -0.15) is 0 Å². The normalized spacial score (nSPS) is 10.9. The minimum Gasteiger partial charge on any atom is -0.395 e. The summed E-state index contributed by atoms with van der Waals surface area (Å²) in [5.74, 6) is -0.752. The maximum atomic E-state index is 13.3. The molecule has 1 aromatic rings. The van der Waals surface area contributed by atoms with Crippen molar-refractivity contribution in [1.82, 2.24) is 5.32 Å². The first-order valence-electron chi connectivity index (χ1n) is 5.23. The number of Topliss-reactive ketones (excluding diaryl/α,β-unsaturated/α-hetero) is 1. The highest BCUT2D eigenvalue weighted by molar-refractivity contribution is 9.10. The summed E-state index contributed by atoms with van der Waals surface area (Å²) in [6, 6.07) is 2.69. The van der Waals surface area contributed by atoms with Crippen molar-refractivity contribution in [3.63, 3.8) is 0 Å². The fourth-order valence-corrected chi connectivity index (χ4v) is 1.63. The molecule has 0 bridgehead atoms. The second kappa shape index (κ2) is 6.50. The largest absolute Gasteiger partial charge is 0.395 e. The van der Waals surface area contributed by atoms with Crippen LogP contribution in [0.25, 0.3) is 0 Å². The molecule has 0 spiro atoms. The lowest BCUT2D eigenvalue weighted by Crippen LogP contribution is -2.39. The van der Waals surface area contributed by atoms with E-state index in [2.05, 4.69) is 21.2 Å². The van der Waals surface area contributed by atoms with E-state index in [9.17, 15) is 9.18 Å². The van der Waals surface area contributed by atoms with E-state index in [1.807, 2.05) is 20.8 Å². The third-order valence-electron chi connectivity index (χ3n) is 2.18. The molecule has 0 saturated carbocycles. The average Bonchev–Trinajstić information content (AvgIpc) is 2.20. The molecule has 0 saturated heterocycles. The maximum absolute atomic E-state index is 13.3. The number of hydrogen-bond acceptors (Lipinski definition) is 3. The van der Waals surface area contributed by atoms with Gasteiger partial charge in [-0.3, -0.25) is 4.79 Å². The second-order valence-electron chi connectivity index (χ2n) is 4.88. The summed E-state index contributed by atoms with van der Waals surface area (Å²) in [4.78, 5) is 11.8. The van der Waals surface area contributed by atoms with E-state index in [1.54, 1.807) is 0 Å². The second-order valence-corrected chi connectivity index (χ2v) is 5.73. The average molecular weight is 340 g/mol. The maximum Gasteiger partial charge on any atom is 0.176 e. The summed E-state index contributed by atoms with van der Waals surface area (Å²) in [6.07, 6.45) is 0. The van der Waals surface area contributed by atoms with Gasteiger partial charge < -0.3 is 11.1 Å². The van der Waals surface area contributed by atoms with Gasteiger partial charge in [0.1, 0.15) is 5.82 Å². The zero-order valence-electron chi connectivity index (χ0n) is 10.5. The van der Waals surface area contributed by atoms with E-state index in [-0.39, 0.29) is 36.0 Å². The molecular formula is C12H17BrClFN2O. The molecule has 0 aliphatic carbocycles. The number of nitrogens with one attached hydrogen (secondary N) is 1. The molecule has 0 fully saturated rings. The number of nitrogens with two attached hydrogens (primary N) is 1. The smallest absolute Gasteiger partial charge is 0.176 e. The lowest BCUT2D eigenvalue weighted by atomic mass is 10.1. The van der Waals surface area contributed by atoms with Crippen molar-refractivity contribution in [1.29, 1.82) is 0 Å².